The molecule has 2 amide bonds. The fourth-order valence-electron chi connectivity index (χ4n) is 2.46. The summed E-state index contributed by atoms with van der Waals surface area (Å²) in [6.07, 6.45) is 2.09. The van der Waals surface area contributed by atoms with Gasteiger partial charge in [-0.15, -0.1) is 0 Å². The van der Waals surface area contributed by atoms with Crippen molar-refractivity contribution in [2.75, 3.05) is 13.1 Å². The van der Waals surface area contributed by atoms with Gasteiger partial charge in [0.2, 0.25) is 5.91 Å². The number of halogens is 2. The number of hydrogen-bond donors (Lipinski definition) is 1. The van der Waals surface area contributed by atoms with Crippen LogP contribution in [0.5, 0.6) is 0 Å². The third-order valence-corrected chi connectivity index (χ3v) is 4.70. The summed E-state index contributed by atoms with van der Waals surface area (Å²) in [5.41, 5.74) is 5.88. The van der Waals surface area contributed by atoms with Crippen LogP contribution in [0.15, 0.2) is 27.1 Å². The van der Waals surface area contributed by atoms with Gasteiger partial charge in [0.15, 0.2) is 0 Å². The fraction of sp³-hybridized carbons (Fsp3) is 0.429. The van der Waals surface area contributed by atoms with E-state index in [9.17, 15) is 9.59 Å². The first kappa shape index (κ1) is 15.5. The van der Waals surface area contributed by atoms with Crippen molar-refractivity contribution in [2.45, 2.75) is 19.3 Å². The first-order valence-corrected chi connectivity index (χ1v) is 8.08. The second-order valence-electron chi connectivity index (χ2n) is 5.03. The van der Waals surface area contributed by atoms with Gasteiger partial charge in [0.05, 0.1) is 5.56 Å². The minimum atomic E-state index is -0.259. The van der Waals surface area contributed by atoms with Gasteiger partial charge in [-0.1, -0.05) is 15.9 Å². The van der Waals surface area contributed by atoms with E-state index < -0.39 is 0 Å². The molecule has 20 heavy (non-hydrogen) atoms. The Balaban J connectivity index is 1.99. The number of rotatable bonds is 3. The van der Waals surface area contributed by atoms with Crippen LogP contribution < -0.4 is 5.73 Å². The Labute approximate surface area is 135 Å². The number of primary amides is 1. The lowest BCUT2D eigenvalue weighted by Gasteiger charge is -2.31. The van der Waals surface area contributed by atoms with E-state index in [0.717, 1.165) is 21.8 Å². The van der Waals surface area contributed by atoms with Crippen molar-refractivity contribution in [1.29, 1.82) is 0 Å². The van der Waals surface area contributed by atoms with Crippen LogP contribution in [-0.2, 0) is 4.79 Å². The monoisotopic (exact) mass is 402 g/mol. The smallest absolute Gasteiger partial charge is 0.254 e. The lowest BCUT2D eigenvalue weighted by Crippen LogP contribution is -2.39. The van der Waals surface area contributed by atoms with Crippen molar-refractivity contribution in [2.24, 2.45) is 11.7 Å². The molecule has 1 aromatic rings. The molecule has 6 heteroatoms. The molecular formula is C14H16Br2N2O2. The van der Waals surface area contributed by atoms with Gasteiger partial charge in [-0.25, -0.2) is 0 Å². The molecule has 0 bridgehead atoms. The Bertz CT molecular complexity index is 526. The van der Waals surface area contributed by atoms with Gasteiger partial charge in [0.1, 0.15) is 0 Å². The Hall–Kier alpha value is -0.880. The van der Waals surface area contributed by atoms with Crippen molar-refractivity contribution in [3.05, 3.63) is 32.7 Å². The van der Waals surface area contributed by atoms with Crippen molar-refractivity contribution in [3.8, 4) is 0 Å². The zero-order valence-electron chi connectivity index (χ0n) is 10.9. The number of carbonyl (C=O) groups is 2. The molecule has 1 aliphatic heterocycles. The number of hydrogen-bond acceptors (Lipinski definition) is 2. The van der Waals surface area contributed by atoms with Crippen molar-refractivity contribution in [1.82, 2.24) is 4.90 Å². The number of likely N-dealkylation sites (tertiary alicyclic amines) is 1. The fourth-order valence-corrected chi connectivity index (χ4v) is 3.67. The third-order valence-electron chi connectivity index (χ3n) is 3.55. The second-order valence-corrected chi connectivity index (χ2v) is 6.80. The highest BCUT2D eigenvalue weighted by Crippen LogP contribution is 2.26. The molecule has 1 aliphatic rings. The van der Waals surface area contributed by atoms with Gasteiger partial charge in [-0.2, -0.15) is 0 Å². The summed E-state index contributed by atoms with van der Waals surface area (Å²) in [5, 5.41) is 0. The lowest BCUT2D eigenvalue weighted by atomic mass is 9.93. The minimum absolute atomic E-state index is 0.0295. The molecule has 1 aromatic carbocycles. The number of benzene rings is 1. The Morgan fingerprint density at radius 2 is 1.90 bits per heavy atom. The van der Waals surface area contributed by atoms with E-state index in [1.54, 1.807) is 0 Å². The van der Waals surface area contributed by atoms with Crippen LogP contribution in [0.1, 0.15) is 29.6 Å². The predicted octanol–water partition coefficient (Wildman–Crippen LogP) is 2.94. The summed E-state index contributed by atoms with van der Waals surface area (Å²) in [6, 6.07) is 5.54. The zero-order chi connectivity index (χ0) is 14.7. The van der Waals surface area contributed by atoms with Gasteiger partial charge in [-0.05, 0) is 52.9 Å². The Morgan fingerprint density at radius 1 is 1.25 bits per heavy atom. The average molecular weight is 404 g/mol. The van der Waals surface area contributed by atoms with Crippen LogP contribution in [0, 0.1) is 5.92 Å². The van der Waals surface area contributed by atoms with Gasteiger partial charge in [0, 0.05) is 28.5 Å². The molecule has 4 nitrogen and oxygen atoms in total. The zero-order valence-corrected chi connectivity index (χ0v) is 14.1. The maximum absolute atomic E-state index is 12.4. The molecule has 1 heterocycles. The van der Waals surface area contributed by atoms with E-state index >= 15 is 0 Å². The normalized spacial score (nSPS) is 16.2. The number of nitrogens with two attached hydrogens (primary N) is 1. The van der Waals surface area contributed by atoms with Crippen LogP contribution in [0.3, 0.4) is 0 Å². The largest absolute Gasteiger partial charge is 0.370 e. The highest BCUT2D eigenvalue weighted by molar-refractivity contribution is 9.11. The van der Waals surface area contributed by atoms with E-state index in [1.807, 2.05) is 23.1 Å². The molecule has 0 aliphatic carbocycles. The Morgan fingerprint density at radius 3 is 2.45 bits per heavy atom. The molecule has 1 saturated heterocycles. The van der Waals surface area contributed by atoms with Gasteiger partial charge in [-0.3, -0.25) is 9.59 Å². The summed E-state index contributed by atoms with van der Waals surface area (Å²) in [4.78, 5) is 25.2. The van der Waals surface area contributed by atoms with Crippen LogP contribution in [0.2, 0.25) is 0 Å². The lowest BCUT2D eigenvalue weighted by molar-refractivity contribution is -0.119. The van der Waals surface area contributed by atoms with E-state index in [0.29, 0.717) is 31.0 Å². The summed E-state index contributed by atoms with van der Waals surface area (Å²) in [5.74, 6) is 0.0808. The van der Waals surface area contributed by atoms with E-state index in [2.05, 4.69) is 31.9 Å². The van der Waals surface area contributed by atoms with Crippen LogP contribution in [-0.4, -0.2) is 29.8 Å². The molecule has 108 valence electrons. The molecule has 0 saturated carbocycles. The second kappa shape index (κ2) is 6.72. The number of carbonyl (C=O) groups excluding carboxylic acids is 2. The van der Waals surface area contributed by atoms with Gasteiger partial charge in [0.25, 0.3) is 5.91 Å². The topological polar surface area (TPSA) is 63.4 Å². The highest BCUT2D eigenvalue weighted by atomic mass is 79.9. The standard InChI is InChI=1S/C14H16Br2N2O2/c15-10-1-2-11(12(16)8-10)14(20)18-5-3-9(4-6-18)7-13(17)19/h1-2,8-9H,3-7H2,(H2,17,19). The SMILES string of the molecule is NC(=O)CC1CCN(C(=O)c2ccc(Br)cc2Br)CC1. The highest BCUT2D eigenvalue weighted by Gasteiger charge is 2.25. The van der Waals surface area contributed by atoms with Crippen molar-refractivity contribution >= 4 is 43.7 Å². The van der Waals surface area contributed by atoms with Crippen LogP contribution >= 0.6 is 31.9 Å². The van der Waals surface area contributed by atoms with Crippen molar-refractivity contribution in [3.63, 3.8) is 0 Å². The molecular weight excluding hydrogens is 388 g/mol. The summed E-state index contributed by atoms with van der Waals surface area (Å²) < 4.78 is 1.72. The Kier molecular flexibility index (Phi) is 5.21. The average Bonchev–Trinajstić information content (AvgIpc) is 2.38. The van der Waals surface area contributed by atoms with Crippen LogP contribution in [0.25, 0.3) is 0 Å². The summed E-state index contributed by atoms with van der Waals surface area (Å²) >= 11 is 6.79. The number of piperidine rings is 1. The first-order valence-electron chi connectivity index (χ1n) is 6.50. The minimum Gasteiger partial charge on any atom is -0.370 e. The quantitative estimate of drug-likeness (QED) is 0.843. The molecule has 0 spiro atoms. The van der Waals surface area contributed by atoms with Gasteiger partial charge >= 0.3 is 0 Å². The van der Waals surface area contributed by atoms with Crippen molar-refractivity contribution < 1.29 is 9.59 Å². The number of amides is 2. The summed E-state index contributed by atoms with van der Waals surface area (Å²) in [7, 11) is 0. The molecule has 0 radical (unpaired) electrons. The van der Waals surface area contributed by atoms with E-state index in [4.69, 9.17) is 5.73 Å². The predicted molar refractivity (Wildman–Crippen MR) is 84.3 cm³/mol. The van der Waals surface area contributed by atoms with Gasteiger partial charge < -0.3 is 10.6 Å². The molecule has 2 rings (SSSR count). The molecule has 2 N–H and O–H groups in total. The summed E-state index contributed by atoms with van der Waals surface area (Å²) in [6.45, 7) is 1.36. The first-order chi connectivity index (χ1) is 9.47. The maximum Gasteiger partial charge on any atom is 0.254 e. The third kappa shape index (κ3) is 3.82. The molecule has 1 fully saturated rings. The molecule has 0 unspecified atom stereocenters. The van der Waals surface area contributed by atoms with E-state index in [1.165, 1.54) is 0 Å². The van der Waals surface area contributed by atoms with E-state index in [-0.39, 0.29) is 11.8 Å². The van der Waals surface area contributed by atoms with Crippen LogP contribution in [0.4, 0.5) is 0 Å². The maximum atomic E-state index is 12.4. The molecule has 0 atom stereocenters. The number of nitrogens with zero attached hydrogens (tertiary/aromatic N) is 1. The molecule has 0 aromatic heterocycles.